The summed E-state index contributed by atoms with van der Waals surface area (Å²) in [4.78, 5) is 24.8. The van der Waals surface area contributed by atoms with E-state index in [9.17, 15) is 9.59 Å². The van der Waals surface area contributed by atoms with Gasteiger partial charge in [-0.15, -0.1) is 0 Å². The van der Waals surface area contributed by atoms with Crippen LogP contribution in [0.25, 0.3) is 0 Å². The number of anilines is 1. The van der Waals surface area contributed by atoms with Gasteiger partial charge in [0.15, 0.2) is 5.78 Å². The number of aromatic nitrogens is 2. The molecule has 1 unspecified atom stereocenters. The average Bonchev–Trinajstić information content (AvgIpc) is 3.02. The minimum Gasteiger partial charge on any atom is -0.343 e. The van der Waals surface area contributed by atoms with Gasteiger partial charge in [0.05, 0.1) is 15.6 Å². The maximum Gasteiger partial charge on any atom is 0.270 e. The topological polar surface area (TPSA) is 66.9 Å². The molecule has 0 radical (unpaired) electrons. The summed E-state index contributed by atoms with van der Waals surface area (Å²) in [5.41, 5.74) is 2.67. The third kappa shape index (κ3) is 2.07. The van der Waals surface area contributed by atoms with Crippen LogP contribution < -0.4 is 10.9 Å². The molecule has 0 saturated heterocycles. The number of nitrogens with zero attached hydrogens (tertiary/aromatic N) is 1. The first kappa shape index (κ1) is 14.6. The number of Topliss-reactive ketones (excluding diaryl/α,β-unsaturated/α-hetero) is 1. The summed E-state index contributed by atoms with van der Waals surface area (Å²) < 4.78 is 1.65. The summed E-state index contributed by atoms with van der Waals surface area (Å²) >= 11 is 12.1. The first-order valence-electron chi connectivity index (χ1n) is 7.24. The van der Waals surface area contributed by atoms with Crippen LogP contribution in [0.5, 0.6) is 0 Å². The third-order valence-electron chi connectivity index (χ3n) is 4.46. The predicted octanol–water partition coefficient (Wildman–Crippen LogP) is 3.19. The molecule has 4 rings (SSSR count). The quantitative estimate of drug-likeness (QED) is 0.830. The number of aromatic amines is 1. The lowest BCUT2D eigenvalue weighted by molar-refractivity contribution is -0.115. The highest BCUT2D eigenvalue weighted by atomic mass is 35.5. The molecule has 2 heterocycles. The van der Waals surface area contributed by atoms with E-state index in [0.29, 0.717) is 39.8 Å². The van der Waals surface area contributed by atoms with Crippen LogP contribution in [0.15, 0.2) is 34.3 Å². The van der Waals surface area contributed by atoms with Crippen molar-refractivity contribution in [2.24, 2.45) is 7.05 Å². The molecule has 1 aromatic carbocycles. The van der Waals surface area contributed by atoms with E-state index < -0.39 is 5.92 Å². The molecular formula is C16H13Cl2N3O2. The van der Waals surface area contributed by atoms with E-state index in [4.69, 9.17) is 23.2 Å². The number of aryl methyl sites for hydroxylation is 1. The number of hydrogen-bond acceptors (Lipinski definition) is 3. The van der Waals surface area contributed by atoms with Crippen molar-refractivity contribution >= 4 is 34.8 Å². The Kier molecular flexibility index (Phi) is 3.18. The van der Waals surface area contributed by atoms with Gasteiger partial charge in [0.25, 0.3) is 5.56 Å². The number of halogens is 2. The molecule has 1 aliphatic carbocycles. The number of benzene rings is 1. The summed E-state index contributed by atoms with van der Waals surface area (Å²) in [6.45, 7) is 0. The zero-order valence-electron chi connectivity index (χ0n) is 12.2. The van der Waals surface area contributed by atoms with Gasteiger partial charge in [-0.05, 0) is 24.1 Å². The van der Waals surface area contributed by atoms with Crippen molar-refractivity contribution in [2.45, 2.75) is 18.8 Å². The molecule has 0 amide bonds. The highest BCUT2D eigenvalue weighted by Gasteiger charge is 2.39. The van der Waals surface area contributed by atoms with Gasteiger partial charge >= 0.3 is 0 Å². The minimum atomic E-state index is -0.420. The molecule has 0 bridgehead atoms. The number of rotatable bonds is 1. The van der Waals surface area contributed by atoms with Gasteiger partial charge in [-0.2, -0.15) is 0 Å². The molecule has 23 heavy (non-hydrogen) atoms. The number of ketones is 1. The number of allylic oxidation sites excluding steroid dienone is 2. The molecule has 118 valence electrons. The van der Waals surface area contributed by atoms with Crippen molar-refractivity contribution < 1.29 is 4.79 Å². The van der Waals surface area contributed by atoms with Gasteiger partial charge in [-0.3, -0.25) is 19.4 Å². The van der Waals surface area contributed by atoms with Gasteiger partial charge in [0, 0.05) is 30.7 Å². The summed E-state index contributed by atoms with van der Waals surface area (Å²) in [7, 11) is 1.77. The second-order valence-corrected chi connectivity index (χ2v) is 6.62. The van der Waals surface area contributed by atoms with Gasteiger partial charge < -0.3 is 5.32 Å². The minimum absolute atomic E-state index is 0.0671. The highest BCUT2D eigenvalue weighted by molar-refractivity contribution is 6.42. The Morgan fingerprint density at radius 3 is 2.70 bits per heavy atom. The first-order valence-corrected chi connectivity index (χ1v) is 8.00. The van der Waals surface area contributed by atoms with Crippen molar-refractivity contribution in [3.05, 3.63) is 61.0 Å². The Balaban J connectivity index is 2.00. The van der Waals surface area contributed by atoms with Gasteiger partial charge in [-0.25, -0.2) is 0 Å². The zero-order chi connectivity index (χ0) is 16.3. The monoisotopic (exact) mass is 349 g/mol. The molecule has 1 aliphatic heterocycles. The lowest BCUT2D eigenvalue weighted by Crippen LogP contribution is -2.23. The van der Waals surface area contributed by atoms with Gasteiger partial charge in [-0.1, -0.05) is 29.3 Å². The van der Waals surface area contributed by atoms with Crippen LogP contribution in [-0.4, -0.2) is 15.6 Å². The van der Waals surface area contributed by atoms with E-state index >= 15 is 0 Å². The highest BCUT2D eigenvalue weighted by Crippen LogP contribution is 2.45. The fourth-order valence-corrected chi connectivity index (χ4v) is 3.74. The predicted molar refractivity (Wildman–Crippen MR) is 89.2 cm³/mol. The Hall–Kier alpha value is -1.98. The Labute approximate surface area is 141 Å². The smallest absolute Gasteiger partial charge is 0.270 e. The molecule has 7 heteroatoms. The molecular weight excluding hydrogens is 337 g/mol. The Morgan fingerprint density at radius 1 is 1.17 bits per heavy atom. The van der Waals surface area contributed by atoms with Crippen molar-refractivity contribution in [3.63, 3.8) is 0 Å². The van der Waals surface area contributed by atoms with Crippen molar-refractivity contribution in [3.8, 4) is 0 Å². The normalized spacial score (nSPS) is 19.6. The Morgan fingerprint density at radius 2 is 1.96 bits per heavy atom. The van der Waals surface area contributed by atoms with E-state index in [1.54, 1.807) is 23.9 Å². The van der Waals surface area contributed by atoms with Crippen LogP contribution in [-0.2, 0) is 11.8 Å². The van der Waals surface area contributed by atoms with Crippen molar-refractivity contribution in [1.29, 1.82) is 0 Å². The summed E-state index contributed by atoms with van der Waals surface area (Å²) in [5, 5.41) is 6.83. The lowest BCUT2D eigenvalue weighted by atomic mass is 9.82. The standard InChI is InChI=1S/C16H13Cl2N3O2/c1-21-15-14(16(23)20-21)12(7-2-3-8(17)9(18)6-7)13-10(19-15)4-5-11(13)22/h2-3,6,12,19H,4-5H2,1H3,(H,20,23). The SMILES string of the molecule is Cn1[nH]c(=O)c2c1NC1=C(C(=O)CC1)C2c1ccc(Cl)c(Cl)c1. The maximum atomic E-state index is 12.4. The largest absolute Gasteiger partial charge is 0.343 e. The molecule has 2 aliphatic rings. The Bertz CT molecular complexity index is 939. The van der Waals surface area contributed by atoms with Gasteiger partial charge in [0.2, 0.25) is 0 Å². The van der Waals surface area contributed by atoms with Crippen molar-refractivity contribution in [1.82, 2.24) is 9.78 Å². The molecule has 2 aromatic rings. The number of carbonyl (C=O) groups excluding carboxylic acids is 1. The van der Waals surface area contributed by atoms with Crippen LogP contribution in [0, 0.1) is 0 Å². The maximum absolute atomic E-state index is 12.4. The van der Waals surface area contributed by atoms with E-state index in [2.05, 4.69) is 10.4 Å². The van der Waals surface area contributed by atoms with Crippen LogP contribution in [0.3, 0.4) is 0 Å². The van der Waals surface area contributed by atoms with E-state index in [1.165, 1.54) is 0 Å². The summed E-state index contributed by atoms with van der Waals surface area (Å²) in [5.74, 6) is 0.341. The van der Waals surface area contributed by atoms with Crippen LogP contribution in [0.2, 0.25) is 10.0 Å². The van der Waals surface area contributed by atoms with E-state index in [1.807, 2.05) is 6.07 Å². The third-order valence-corrected chi connectivity index (χ3v) is 5.19. The van der Waals surface area contributed by atoms with Crippen LogP contribution in [0.4, 0.5) is 5.82 Å². The number of fused-ring (bicyclic) bond motifs is 1. The number of carbonyl (C=O) groups is 1. The molecule has 0 fully saturated rings. The molecule has 0 spiro atoms. The molecule has 1 atom stereocenters. The molecule has 5 nitrogen and oxygen atoms in total. The number of H-pyrrole nitrogens is 1. The van der Waals surface area contributed by atoms with E-state index in [-0.39, 0.29) is 11.3 Å². The number of nitrogens with one attached hydrogen (secondary N) is 2. The summed E-state index contributed by atoms with van der Waals surface area (Å²) in [6, 6.07) is 5.24. The first-order chi connectivity index (χ1) is 11.0. The lowest BCUT2D eigenvalue weighted by Gasteiger charge is -2.26. The zero-order valence-corrected chi connectivity index (χ0v) is 13.8. The second kappa shape index (κ2) is 5.01. The van der Waals surface area contributed by atoms with Gasteiger partial charge in [0.1, 0.15) is 5.82 Å². The van der Waals surface area contributed by atoms with E-state index in [0.717, 1.165) is 11.3 Å². The summed E-state index contributed by atoms with van der Waals surface area (Å²) in [6.07, 6.45) is 1.12. The number of hydrogen-bond donors (Lipinski definition) is 2. The molecule has 1 aromatic heterocycles. The second-order valence-electron chi connectivity index (χ2n) is 5.81. The average molecular weight is 350 g/mol. The molecule has 2 N–H and O–H groups in total. The van der Waals surface area contributed by atoms with Crippen molar-refractivity contribution in [2.75, 3.05) is 5.32 Å². The van der Waals surface area contributed by atoms with Crippen LogP contribution >= 0.6 is 23.2 Å². The van der Waals surface area contributed by atoms with Crippen LogP contribution in [0.1, 0.15) is 29.9 Å². The fraction of sp³-hybridized carbons (Fsp3) is 0.250. The molecule has 0 saturated carbocycles. The fourth-order valence-electron chi connectivity index (χ4n) is 3.43.